The van der Waals surface area contributed by atoms with Gasteiger partial charge in [0.05, 0.1) is 11.8 Å². The molecule has 94 valence electrons. The van der Waals surface area contributed by atoms with Crippen LogP contribution in [0.1, 0.15) is 10.4 Å². The van der Waals surface area contributed by atoms with Crippen molar-refractivity contribution in [1.82, 2.24) is 29.5 Å². The van der Waals surface area contributed by atoms with Crippen molar-refractivity contribution in [2.45, 2.75) is 0 Å². The molecule has 0 fully saturated rings. The molecule has 0 aromatic carbocycles. The number of rotatable bonds is 3. The van der Waals surface area contributed by atoms with E-state index in [4.69, 9.17) is 0 Å². The second-order valence-electron chi connectivity index (χ2n) is 3.95. The van der Waals surface area contributed by atoms with Gasteiger partial charge < -0.3 is 0 Å². The van der Waals surface area contributed by atoms with Crippen molar-refractivity contribution in [3.05, 3.63) is 42.6 Å². The van der Waals surface area contributed by atoms with E-state index in [9.17, 15) is 4.79 Å². The highest BCUT2D eigenvalue weighted by atomic mass is 16.1. The monoisotopic (exact) mass is 254 g/mol. The molecular weight excluding hydrogens is 244 g/mol. The molecule has 0 saturated heterocycles. The van der Waals surface area contributed by atoms with Gasteiger partial charge in [0.1, 0.15) is 5.69 Å². The first-order valence-electron chi connectivity index (χ1n) is 5.59. The van der Waals surface area contributed by atoms with E-state index in [1.54, 1.807) is 48.8 Å². The van der Waals surface area contributed by atoms with Gasteiger partial charge in [0.15, 0.2) is 6.29 Å². The lowest BCUT2D eigenvalue weighted by Crippen LogP contribution is -2.00. The molecule has 3 aromatic rings. The Morgan fingerprint density at radius 3 is 2.63 bits per heavy atom. The molecule has 3 rings (SSSR count). The number of nitrogens with zero attached hydrogens (tertiary/aromatic N) is 6. The van der Waals surface area contributed by atoms with Gasteiger partial charge in [0.2, 0.25) is 5.95 Å². The summed E-state index contributed by atoms with van der Waals surface area (Å²) in [5.74, 6) is 0.417. The summed E-state index contributed by atoms with van der Waals surface area (Å²) in [4.78, 5) is 19.3. The van der Waals surface area contributed by atoms with Gasteiger partial charge >= 0.3 is 0 Å². The lowest BCUT2D eigenvalue weighted by Gasteiger charge is -1.96. The highest BCUT2D eigenvalue weighted by Gasteiger charge is 2.13. The molecule has 3 aromatic heterocycles. The molecule has 0 spiro atoms. The van der Waals surface area contributed by atoms with Crippen LogP contribution in [0.3, 0.4) is 0 Å². The quantitative estimate of drug-likeness (QED) is 0.648. The second kappa shape index (κ2) is 4.45. The van der Waals surface area contributed by atoms with Crippen LogP contribution in [0.25, 0.3) is 17.2 Å². The fraction of sp³-hybridized carbons (Fsp3) is 0.0833. The zero-order valence-corrected chi connectivity index (χ0v) is 10.1. The minimum Gasteiger partial charge on any atom is -0.298 e. The highest BCUT2D eigenvalue weighted by molar-refractivity contribution is 5.85. The number of hydrogen-bond acceptors (Lipinski definition) is 5. The minimum absolute atomic E-state index is 0.417. The second-order valence-corrected chi connectivity index (χ2v) is 3.95. The number of aldehydes is 1. The van der Waals surface area contributed by atoms with Gasteiger partial charge in [-0.25, -0.2) is 14.6 Å². The molecule has 0 aliphatic rings. The molecule has 3 heterocycles. The van der Waals surface area contributed by atoms with E-state index >= 15 is 0 Å². The van der Waals surface area contributed by atoms with E-state index < -0.39 is 0 Å². The van der Waals surface area contributed by atoms with Crippen molar-refractivity contribution in [3.8, 4) is 17.2 Å². The number of aromatic nitrogens is 6. The molecule has 0 bridgehead atoms. The smallest absolute Gasteiger partial charge is 0.250 e. The molecule has 0 atom stereocenters. The van der Waals surface area contributed by atoms with Crippen molar-refractivity contribution in [1.29, 1.82) is 0 Å². The summed E-state index contributed by atoms with van der Waals surface area (Å²) in [5.41, 5.74) is 1.82. The van der Waals surface area contributed by atoms with E-state index in [0.29, 0.717) is 17.2 Å². The van der Waals surface area contributed by atoms with Crippen molar-refractivity contribution in [3.63, 3.8) is 0 Å². The molecule has 19 heavy (non-hydrogen) atoms. The molecular formula is C12H10N6O. The Hall–Kier alpha value is -2.83. The summed E-state index contributed by atoms with van der Waals surface area (Å²) < 4.78 is 3.13. The van der Waals surface area contributed by atoms with Crippen LogP contribution in [0.4, 0.5) is 0 Å². The number of carbonyl (C=O) groups excluding carboxylic acids is 1. The third-order valence-corrected chi connectivity index (χ3v) is 2.60. The predicted molar refractivity (Wildman–Crippen MR) is 66.7 cm³/mol. The molecule has 7 heteroatoms. The Bertz CT molecular complexity index is 715. The Balaban J connectivity index is 2.11. The first kappa shape index (κ1) is 11.3. The Morgan fingerprint density at radius 2 is 2.00 bits per heavy atom. The van der Waals surface area contributed by atoms with Crippen LogP contribution in [-0.4, -0.2) is 35.8 Å². The van der Waals surface area contributed by atoms with Gasteiger partial charge in [-0.15, -0.1) is 0 Å². The van der Waals surface area contributed by atoms with Crippen LogP contribution < -0.4 is 0 Å². The normalized spacial score (nSPS) is 10.6. The van der Waals surface area contributed by atoms with Gasteiger partial charge in [-0.1, -0.05) is 0 Å². The molecule has 0 aliphatic carbocycles. The van der Waals surface area contributed by atoms with Gasteiger partial charge in [-0.2, -0.15) is 10.2 Å². The summed E-state index contributed by atoms with van der Waals surface area (Å²) >= 11 is 0. The van der Waals surface area contributed by atoms with Crippen molar-refractivity contribution >= 4 is 6.29 Å². The number of carbonyl (C=O) groups is 1. The van der Waals surface area contributed by atoms with Crippen molar-refractivity contribution < 1.29 is 4.79 Å². The van der Waals surface area contributed by atoms with E-state index in [0.717, 1.165) is 11.8 Å². The van der Waals surface area contributed by atoms with Crippen LogP contribution in [-0.2, 0) is 7.05 Å². The maximum absolute atomic E-state index is 11.1. The zero-order chi connectivity index (χ0) is 13.2. The van der Waals surface area contributed by atoms with Crippen molar-refractivity contribution in [2.75, 3.05) is 0 Å². The fourth-order valence-corrected chi connectivity index (χ4v) is 1.75. The molecule has 0 aliphatic heterocycles. The van der Waals surface area contributed by atoms with Crippen LogP contribution in [0.2, 0.25) is 0 Å². The maximum atomic E-state index is 11.1. The third-order valence-electron chi connectivity index (χ3n) is 2.60. The standard InChI is InChI=1S/C12H10N6O/c1-17-6-9(5-15-17)11-10(8-19)7-18(16-11)12-13-3-2-4-14-12/h2-8H,1H3. The summed E-state index contributed by atoms with van der Waals surface area (Å²) in [5, 5.41) is 8.41. The minimum atomic E-state index is 0.417. The number of hydrogen-bond donors (Lipinski definition) is 0. The van der Waals surface area contributed by atoms with E-state index in [1.165, 1.54) is 4.68 Å². The Labute approximate surface area is 108 Å². The predicted octanol–water partition coefficient (Wildman–Crippen LogP) is 0.875. The lowest BCUT2D eigenvalue weighted by atomic mass is 10.2. The van der Waals surface area contributed by atoms with Crippen molar-refractivity contribution in [2.24, 2.45) is 7.05 Å². The van der Waals surface area contributed by atoms with Crippen LogP contribution in [0.15, 0.2) is 37.1 Å². The van der Waals surface area contributed by atoms with Crippen LogP contribution in [0, 0.1) is 0 Å². The van der Waals surface area contributed by atoms with Gasteiger partial charge in [0, 0.05) is 37.4 Å². The van der Waals surface area contributed by atoms with E-state index in [1.807, 2.05) is 0 Å². The Kier molecular flexibility index (Phi) is 2.64. The van der Waals surface area contributed by atoms with E-state index in [2.05, 4.69) is 20.2 Å². The van der Waals surface area contributed by atoms with Crippen LogP contribution >= 0.6 is 0 Å². The third kappa shape index (κ3) is 2.01. The summed E-state index contributed by atoms with van der Waals surface area (Å²) in [6.45, 7) is 0. The van der Waals surface area contributed by atoms with Crippen LogP contribution in [0.5, 0.6) is 0 Å². The zero-order valence-electron chi connectivity index (χ0n) is 10.1. The largest absolute Gasteiger partial charge is 0.298 e. The highest BCUT2D eigenvalue weighted by Crippen LogP contribution is 2.20. The van der Waals surface area contributed by atoms with Gasteiger partial charge in [0.25, 0.3) is 0 Å². The molecule has 0 amide bonds. The topological polar surface area (TPSA) is 78.5 Å². The van der Waals surface area contributed by atoms with E-state index in [-0.39, 0.29) is 0 Å². The lowest BCUT2D eigenvalue weighted by molar-refractivity contribution is 0.112. The molecule has 0 radical (unpaired) electrons. The first-order valence-corrected chi connectivity index (χ1v) is 5.59. The first-order chi connectivity index (χ1) is 9.28. The summed E-state index contributed by atoms with van der Waals surface area (Å²) in [6.07, 6.45) is 9.05. The fourth-order valence-electron chi connectivity index (χ4n) is 1.75. The average molecular weight is 254 g/mol. The van der Waals surface area contributed by atoms with Gasteiger partial charge in [-0.05, 0) is 6.07 Å². The molecule has 0 N–H and O–H groups in total. The SMILES string of the molecule is Cn1cc(-c2nn(-c3ncccn3)cc2C=O)cn1. The summed E-state index contributed by atoms with van der Waals surface area (Å²) in [7, 11) is 1.81. The molecule has 7 nitrogen and oxygen atoms in total. The average Bonchev–Trinajstić information content (AvgIpc) is 3.05. The number of aryl methyl sites for hydroxylation is 1. The summed E-state index contributed by atoms with van der Waals surface area (Å²) in [6, 6.07) is 1.72. The molecule has 0 unspecified atom stereocenters. The molecule has 0 saturated carbocycles. The Morgan fingerprint density at radius 1 is 1.21 bits per heavy atom. The van der Waals surface area contributed by atoms with Gasteiger partial charge in [-0.3, -0.25) is 9.48 Å². The maximum Gasteiger partial charge on any atom is 0.250 e.